The van der Waals surface area contributed by atoms with Crippen molar-refractivity contribution in [2.24, 2.45) is 4.99 Å². The molecule has 1 fully saturated rings. The summed E-state index contributed by atoms with van der Waals surface area (Å²) < 4.78 is 11.2. The molecule has 2 aromatic rings. The summed E-state index contributed by atoms with van der Waals surface area (Å²) in [5, 5.41) is 0.435. The van der Waals surface area contributed by atoms with Crippen LogP contribution >= 0.6 is 11.8 Å². The average molecular weight is 451 g/mol. The number of allylic oxidation sites excluding steroid dienone is 1. The lowest BCUT2D eigenvalue weighted by Crippen LogP contribution is -2.40. The van der Waals surface area contributed by atoms with Gasteiger partial charge >= 0.3 is 5.97 Å². The lowest BCUT2D eigenvalue weighted by Gasteiger charge is -2.33. The number of thioether (sulfide) groups is 1. The van der Waals surface area contributed by atoms with Gasteiger partial charge < -0.3 is 9.47 Å². The first kappa shape index (κ1) is 22.1. The molecule has 166 valence electrons. The third-order valence-electron chi connectivity index (χ3n) is 5.46. The van der Waals surface area contributed by atoms with Crippen LogP contribution in [-0.2, 0) is 20.9 Å². The van der Waals surface area contributed by atoms with Crippen LogP contribution in [0.4, 0.5) is 0 Å². The fourth-order valence-electron chi connectivity index (χ4n) is 3.88. The van der Waals surface area contributed by atoms with Crippen molar-refractivity contribution in [2.45, 2.75) is 45.1 Å². The van der Waals surface area contributed by atoms with Gasteiger partial charge in [0.25, 0.3) is 0 Å². The molecule has 1 saturated heterocycles. The van der Waals surface area contributed by atoms with Gasteiger partial charge in [0, 0.05) is 0 Å². The predicted molar refractivity (Wildman–Crippen MR) is 125 cm³/mol. The van der Waals surface area contributed by atoms with E-state index >= 15 is 0 Å². The zero-order chi connectivity index (χ0) is 22.7. The predicted octanol–water partition coefficient (Wildman–Crippen LogP) is 4.87. The summed E-state index contributed by atoms with van der Waals surface area (Å²) in [5.41, 5.74) is 2.68. The topological polar surface area (TPSA) is 68.2 Å². The highest BCUT2D eigenvalue weighted by atomic mass is 32.2. The fourth-order valence-corrected chi connectivity index (χ4v) is 5.01. The number of amides is 1. The summed E-state index contributed by atoms with van der Waals surface area (Å²) in [6, 6.07) is 16.5. The van der Waals surface area contributed by atoms with Crippen LogP contribution in [0, 0.1) is 0 Å². The van der Waals surface area contributed by atoms with Gasteiger partial charge in [0.05, 0.1) is 29.2 Å². The number of rotatable bonds is 7. The summed E-state index contributed by atoms with van der Waals surface area (Å²) in [4.78, 5) is 32.7. The largest absolute Gasteiger partial charge is 0.494 e. The zero-order valence-corrected chi connectivity index (χ0v) is 19.2. The first-order valence-electron chi connectivity index (χ1n) is 10.8. The summed E-state index contributed by atoms with van der Waals surface area (Å²) >= 11 is 1.46. The first-order chi connectivity index (χ1) is 15.5. The van der Waals surface area contributed by atoms with Gasteiger partial charge in [0.15, 0.2) is 5.17 Å². The van der Waals surface area contributed by atoms with Crippen LogP contribution in [0.2, 0.25) is 0 Å². The summed E-state index contributed by atoms with van der Waals surface area (Å²) in [7, 11) is 0. The van der Waals surface area contributed by atoms with E-state index in [1.807, 2.05) is 68.4 Å². The molecule has 2 atom stereocenters. The number of esters is 1. The van der Waals surface area contributed by atoms with Crippen LogP contribution in [0.3, 0.4) is 0 Å². The number of ether oxygens (including phenoxy) is 2. The maximum atomic E-state index is 13.3. The molecule has 2 aliphatic rings. The Morgan fingerprint density at radius 3 is 2.47 bits per heavy atom. The zero-order valence-electron chi connectivity index (χ0n) is 18.4. The number of benzene rings is 2. The fraction of sp³-hybridized carbons (Fsp3) is 0.320. The Labute approximate surface area is 192 Å². The van der Waals surface area contributed by atoms with Crippen LogP contribution in [0.1, 0.15) is 44.4 Å². The molecule has 6 nitrogen and oxygen atoms in total. The van der Waals surface area contributed by atoms with E-state index in [-0.39, 0.29) is 17.8 Å². The Morgan fingerprint density at radius 1 is 1.09 bits per heavy atom. The van der Waals surface area contributed by atoms with Gasteiger partial charge in [-0.1, -0.05) is 61.2 Å². The third kappa shape index (κ3) is 4.30. The molecule has 0 unspecified atom stereocenters. The van der Waals surface area contributed by atoms with Crippen molar-refractivity contribution in [2.75, 3.05) is 6.61 Å². The molecule has 7 heteroatoms. The highest BCUT2D eigenvalue weighted by Gasteiger charge is 2.47. The number of hydrogen-bond acceptors (Lipinski definition) is 6. The van der Waals surface area contributed by atoms with Gasteiger partial charge in [-0.15, -0.1) is 0 Å². The smallest absolute Gasteiger partial charge is 0.338 e. The normalized spacial score (nSPS) is 20.2. The van der Waals surface area contributed by atoms with Gasteiger partial charge in [0.2, 0.25) is 5.91 Å². The van der Waals surface area contributed by atoms with Crippen molar-refractivity contribution in [1.82, 2.24) is 4.90 Å². The van der Waals surface area contributed by atoms with E-state index in [9.17, 15) is 9.59 Å². The summed E-state index contributed by atoms with van der Waals surface area (Å²) in [5.74, 6) is 0.241. The second-order valence-corrected chi connectivity index (χ2v) is 8.75. The summed E-state index contributed by atoms with van der Waals surface area (Å²) in [6.07, 6.45) is 0.696. The van der Waals surface area contributed by atoms with E-state index in [0.717, 1.165) is 16.9 Å². The minimum atomic E-state index is -0.585. The number of carbonyl (C=O) groups is 2. The molecular weight excluding hydrogens is 424 g/mol. The van der Waals surface area contributed by atoms with Crippen molar-refractivity contribution < 1.29 is 19.1 Å². The quantitative estimate of drug-likeness (QED) is 0.563. The van der Waals surface area contributed by atoms with Crippen molar-refractivity contribution in [3.8, 4) is 5.75 Å². The molecule has 2 aliphatic heterocycles. The van der Waals surface area contributed by atoms with Crippen LogP contribution in [-0.4, -0.2) is 33.8 Å². The lowest BCUT2D eigenvalue weighted by molar-refractivity contribution is -0.141. The Kier molecular flexibility index (Phi) is 6.65. The van der Waals surface area contributed by atoms with Crippen molar-refractivity contribution >= 4 is 28.8 Å². The highest BCUT2D eigenvalue weighted by molar-refractivity contribution is 8.15. The standard InChI is InChI=1S/C25H26N2O4S/c1-4-20-23(28)27-22(18-11-13-19(14-12-18)30-5-2)21(16(3)26-25(27)32-20)24(29)31-15-17-9-7-6-8-10-17/h6-14,20,22H,4-5,15H2,1-3H3/t20-,22+/m1/s1. The first-order valence-corrected chi connectivity index (χ1v) is 11.6. The number of hydrogen-bond donors (Lipinski definition) is 0. The molecule has 2 heterocycles. The van der Waals surface area contributed by atoms with Crippen LogP contribution in [0.25, 0.3) is 0 Å². The number of fused-ring (bicyclic) bond motifs is 1. The van der Waals surface area contributed by atoms with Crippen LogP contribution in [0.15, 0.2) is 70.9 Å². The SMILES string of the molecule is CCOc1ccc([C@H]2C(C(=O)OCc3ccccc3)=C(C)N=C3S[C@H](CC)C(=O)N32)cc1. The molecule has 32 heavy (non-hydrogen) atoms. The average Bonchev–Trinajstić information content (AvgIpc) is 3.13. The Hall–Kier alpha value is -3.06. The van der Waals surface area contributed by atoms with E-state index in [0.29, 0.717) is 29.5 Å². The lowest BCUT2D eigenvalue weighted by atomic mass is 9.94. The second kappa shape index (κ2) is 9.61. The van der Waals surface area contributed by atoms with E-state index in [2.05, 4.69) is 4.99 Å². The van der Waals surface area contributed by atoms with E-state index in [1.54, 1.807) is 11.8 Å². The molecule has 4 rings (SSSR count). The molecule has 0 aliphatic carbocycles. The number of aliphatic imine (C=N–C) groups is 1. The minimum Gasteiger partial charge on any atom is -0.494 e. The monoisotopic (exact) mass is 450 g/mol. The van der Waals surface area contributed by atoms with Crippen LogP contribution < -0.4 is 4.74 Å². The van der Waals surface area contributed by atoms with E-state index in [4.69, 9.17) is 9.47 Å². The molecular formula is C25H26N2O4S. The number of amidine groups is 1. The van der Waals surface area contributed by atoms with E-state index in [1.165, 1.54) is 11.8 Å². The maximum Gasteiger partial charge on any atom is 0.338 e. The Bertz CT molecular complexity index is 1060. The molecule has 1 amide bonds. The highest BCUT2D eigenvalue weighted by Crippen LogP contribution is 2.44. The van der Waals surface area contributed by atoms with Gasteiger partial charge in [0.1, 0.15) is 12.4 Å². The number of nitrogens with zero attached hydrogens (tertiary/aromatic N) is 2. The third-order valence-corrected chi connectivity index (χ3v) is 6.78. The van der Waals surface area contributed by atoms with Gasteiger partial charge in [-0.2, -0.15) is 0 Å². The van der Waals surface area contributed by atoms with Crippen molar-refractivity contribution in [1.29, 1.82) is 0 Å². The summed E-state index contributed by atoms with van der Waals surface area (Å²) in [6.45, 7) is 6.43. The Balaban J connectivity index is 1.69. The maximum absolute atomic E-state index is 13.3. The van der Waals surface area contributed by atoms with Gasteiger partial charge in [-0.05, 0) is 43.5 Å². The van der Waals surface area contributed by atoms with E-state index < -0.39 is 12.0 Å². The molecule has 0 N–H and O–H groups in total. The minimum absolute atomic E-state index is 0.0315. The molecule has 0 saturated carbocycles. The van der Waals surface area contributed by atoms with Gasteiger partial charge in [-0.3, -0.25) is 9.69 Å². The Morgan fingerprint density at radius 2 is 1.81 bits per heavy atom. The molecule has 0 radical (unpaired) electrons. The van der Waals surface area contributed by atoms with Gasteiger partial charge in [-0.25, -0.2) is 9.79 Å². The molecule has 0 spiro atoms. The van der Waals surface area contributed by atoms with Crippen molar-refractivity contribution in [3.05, 3.63) is 77.0 Å². The number of carbonyl (C=O) groups excluding carboxylic acids is 2. The molecule has 2 aromatic carbocycles. The molecule has 0 bridgehead atoms. The van der Waals surface area contributed by atoms with Crippen LogP contribution in [0.5, 0.6) is 5.75 Å². The van der Waals surface area contributed by atoms with Crippen molar-refractivity contribution in [3.63, 3.8) is 0 Å². The second-order valence-electron chi connectivity index (χ2n) is 7.58. The molecule has 0 aromatic heterocycles.